The lowest BCUT2D eigenvalue weighted by atomic mass is 9.99. The largest absolute Gasteiger partial charge is 0.342 e. The Labute approximate surface area is 135 Å². The minimum absolute atomic E-state index is 0.0364. The first kappa shape index (κ1) is 13.1. The SMILES string of the molecule is NC1c2ccccc2-c2c(-c3nc4c([nH]3)CCCC4)cccc21. The molecular formula is C20H19N3. The van der Waals surface area contributed by atoms with E-state index in [0.717, 1.165) is 18.7 Å². The van der Waals surface area contributed by atoms with Gasteiger partial charge in [-0.2, -0.15) is 0 Å². The van der Waals surface area contributed by atoms with Crippen LogP contribution in [0.3, 0.4) is 0 Å². The first-order valence-electron chi connectivity index (χ1n) is 8.39. The summed E-state index contributed by atoms with van der Waals surface area (Å²) in [5.41, 5.74) is 15.1. The van der Waals surface area contributed by atoms with Crippen molar-refractivity contribution in [2.24, 2.45) is 5.73 Å². The first-order valence-corrected chi connectivity index (χ1v) is 8.39. The maximum atomic E-state index is 6.47. The maximum Gasteiger partial charge on any atom is 0.138 e. The molecule has 2 aliphatic carbocycles. The molecule has 3 N–H and O–H groups in total. The predicted molar refractivity (Wildman–Crippen MR) is 92.1 cm³/mol. The van der Waals surface area contributed by atoms with Gasteiger partial charge < -0.3 is 10.7 Å². The van der Waals surface area contributed by atoms with E-state index in [9.17, 15) is 0 Å². The maximum absolute atomic E-state index is 6.47. The molecule has 0 aliphatic heterocycles. The summed E-state index contributed by atoms with van der Waals surface area (Å²) in [4.78, 5) is 8.47. The van der Waals surface area contributed by atoms with Gasteiger partial charge >= 0.3 is 0 Å². The van der Waals surface area contributed by atoms with Crippen LogP contribution >= 0.6 is 0 Å². The highest BCUT2D eigenvalue weighted by molar-refractivity contribution is 5.89. The van der Waals surface area contributed by atoms with Crippen molar-refractivity contribution in [3.63, 3.8) is 0 Å². The molecule has 23 heavy (non-hydrogen) atoms. The van der Waals surface area contributed by atoms with Crippen molar-refractivity contribution >= 4 is 0 Å². The van der Waals surface area contributed by atoms with Crippen LogP contribution in [0.25, 0.3) is 22.5 Å². The number of nitrogens with one attached hydrogen (secondary N) is 1. The highest BCUT2D eigenvalue weighted by atomic mass is 14.9. The van der Waals surface area contributed by atoms with Crippen molar-refractivity contribution in [3.05, 3.63) is 65.0 Å². The number of rotatable bonds is 1. The Balaban J connectivity index is 1.74. The number of nitrogens with two attached hydrogens (primary N) is 1. The average molecular weight is 301 g/mol. The van der Waals surface area contributed by atoms with E-state index >= 15 is 0 Å². The number of hydrogen-bond acceptors (Lipinski definition) is 2. The average Bonchev–Trinajstić information content (AvgIpc) is 3.15. The van der Waals surface area contributed by atoms with Crippen LogP contribution in [0.4, 0.5) is 0 Å². The fourth-order valence-electron chi connectivity index (χ4n) is 4.07. The summed E-state index contributed by atoms with van der Waals surface area (Å²) in [5, 5.41) is 0. The third kappa shape index (κ3) is 1.83. The first-order chi connectivity index (χ1) is 11.3. The summed E-state index contributed by atoms with van der Waals surface area (Å²) in [6.07, 6.45) is 4.72. The van der Waals surface area contributed by atoms with Crippen molar-refractivity contribution in [2.75, 3.05) is 0 Å². The summed E-state index contributed by atoms with van der Waals surface area (Å²) in [6.45, 7) is 0. The zero-order valence-corrected chi connectivity index (χ0v) is 13.0. The lowest BCUT2D eigenvalue weighted by Gasteiger charge is -2.08. The Morgan fingerprint density at radius 1 is 0.913 bits per heavy atom. The van der Waals surface area contributed by atoms with Crippen molar-refractivity contribution in [3.8, 4) is 22.5 Å². The number of benzene rings is 2. The Bertz CT molecular complexity index is 884. The fraction of sp³-hybridized carbons (Fsp3) is 0.250. The van der Waals surface area contributed by atoms with E-state index in [1.54, 1.807) is 0 Å². The Hall–Kier alpha value is -2.39. The second-order valence-electron chi connectivity index (χ2n) is 6.55. The molecule has 1 unspecified atom stereocenters. The Morgan fingerprint density at radius 3 is 2.61 bits per heavy atom. The summed E-state index contributed by atoms with van der Waals surface area (Å²) in [7, 11) is 0. The fourth-order valence-corrected chi connectivity index (χ4v) is 4.07. The normalized spacial score (nSPS) is 18.4. The molecule has 0 amide bonds. The quantitative estimate of drug-likeness (QED) is 0.714. The number of fused-ring (bicyclic) bond motifs is 4. The topological polar surface area (TPSA) is 54.7 Å². The molecule has 0 spiro atoms. The summed E-state index contributed by atoms with van der Waals surface area (Å²) >= 11 is 0. The summed E-state index contributed by atoms with van der Waals surface area (Å²) in [5.74, 6) is 0.998. The van der Waals surface area contributed by atoms with Crippen LogP contribution in [0, 0.1) is 0 Å². The van der Waals surface area contributed by atoms with Gasteiger partial charge in [-0.25, -0.2) is 4.98 Å². The van der Waals surface area contributed by atoms with E-state index in [1.165, 1.54) is 52.0 Å². The molecule has 3 heteroatoms. The Morgan fingerprint density at radius 2 is 1.70 bits per heavy atom. The molecule has 0 saturated carbocycles. The Kier molecular flexibility index (Phi) is 2.73. The molecule has 3 nitrogen and oxygen atoms in total. The van der Waals surface area contributed by atoms with E-state index < -0.39 is 0 Å². The van der Waals surface area contributed by atoms with Gasteiger partial charge in [0.05, 0.1) is 11.7 Å². The van der Waals surface area contributed by atoms with Crippen molar-refractivity contribution < 1.29 is 0 Å². The van der Waals surface area contributed by atoms with Gasteiger partial charge in [-0.05, 0) is 47.9 Å². The van der Waals surface area contributed by atoms with Gasteiger partial charge in [-0.3, -0.25) is 0 Å². The zero-order chi connectivity index (χ0) is 15.4. The van der Waals surface area contributed by atoms with Crippen LogP contribution in [0.5, 0.6) is 0 Å². The summed E-state index contributed by atoms with van der Waals surface area (Å²) < 4.78 is 0. The third-order valence-corrected chi connectivity index (χ3v) is 5.21. The number of aryl methyl sites for hydroxylation is 2. The third-order valence-electron chi connectivity index (χ3n) is 5.21. The van der Waals surface area contributed by atoms with E-state index in [-0.39, 0.29) is 6.04 Å². The van der Waals surface area contributed by atoms with Crippen LogP contribution in [0.2, 0.25) is 0 Å². The molecule has 2 aromatic carbocycles. The standard InChI is InChI=1S/C20H19N3/c21-19-13-7-2-1-6-12(13)18-14(19)8-5-9-15(18)20-22-16-10-3-4-11-17(16)23-20/h1-2,5-9,19H,3-4,10-11,21H2,(H,22,23). The molecule has 5 rings (SSSR count). The van der Waals surface area contributed by atoms with Gasteiger partial charge in [0.15, 0.2) is 0 Å². The number of hydrogen-bond donors (Lipinski definition) is 2. The highest BCUT2D eigenvalue weighted by Gasteiger charge is 2.29. The molecule has 1 heterocycles. The van der Waals surface area contributed by atoms with E-state index in [4.69, 9.17) is 10.7 Å². The van der Waals surface area contributed by atoms with E-state index in [2.05, 4.69) is 47.4 Å². The number of aromatic amines is 1. The number of H-pyrrole nitrogens is 1. The number of imidazole rings is 1. The molecule has 1 atom stereocenters. The van der Waals surface area contributed by atoms with Gasteiger partial charge in [-0.15, -0.1) is 0 Å². The van der Waals surface area contributed by atoms with Crippen LogP contribution < -0.4 is 5.73 Å². The van der Waals surface area contributed by atoms with Crippen molar-refractivity contribution in [2.45, 2.75) is 31.7 Å². The minimum atomic E-state index is -0.0364. The van der Waals surface area contributed by atoms with Crippen LogP contribution in [0.15, 0.2) is 42.5 Å². The zero-order valence-electron chi connectivity index (χ0n) is 13.0. The molecule has 0 fully saturated rings. The lowest BCUT2D eigenvalue weighted by Crippen LogP contribution is -2.07. The van der Waals surface area contributed by atoms with Gasteiger partial charge in [0.2, 0.25) is 0 Å². The van der Waals surface area contributed by atoms with E-state index in [0.29, 0.717) is 0 Å². The molecule has 2 aliphatic rings. The highest BCUT2D eigenvalue weighted by Crippen LogP contribution is 2.46. The van der Waals surface area contributed by atoms with Gasteiger partial charge in [-0.1, -0.05) is 42.5 Å². The van der Waals surface area contributed by atoms with E-state index in [1.807, 2.05) is 0 Å². The molecule has 0 saturated heterocycles. The molecule has 3 aromatic rings. The monoisotopic (exact) mass is 301 g/mol. The van der Waals surface area contributed by atoms with Crippen LogP contribution in [0.1, 0.15) is 41.4 Å². The molecular weight excluding hydrogens is 282 g/mol. The second-order valence-corrected chi connectivity index (χ2v) is 6.55. The molecule has 114 valence electrons. The second kappa shape index (κ2) is 4.80. The predicted octanol–water partition coefficient (Wildman–Crippen LogP) is 3.98. The molecule has 0 radical (unpaired) electrons. The molecule has 0 bridgehead atoms. The van der Waals surface area contributed by atoms with Crippen molar-refractivity contribution in [1.82, 2.24) is 9.97 Å². The number of aromatic nitrogens is 2. The van der Waals surface area contributed by atoms with Gasteiger partial charge in [0.1, 0.15) is 5.82 Å². The van der Waals surface area contributed by atoms with Gasteiger partial charge in [0, 0.05) is 11.3 Å². The minimum Gasteiger partial charge on any atom is -0.342 e. The molecule has 1 aromatic heterocycles. The van der Waals surface area contributed by atoms with Crippen LogP contribution in [-0.4, -0.2) is 9.97 Å². The van der Waals surface area contributed by atoms with Gasteiger partial charge in [0.25, 0.3) is 0 Å². The van der Waals surface area contributed by atoms with Crippen molar-refractivity contribution in [1.29, 1.82) is 0 Å². The smallest absolute Gasteiger partial charge is 0.138 e. The van der Waals surface area contributed by atoms with Crippen LogP contribution in [-0.2, 0) is 12.8 Å². The summed E-state index contributed by atoms with van der Waals surface area (Å²) in [6, 6.07) is 14.8. The lowest BCUT2D eigenvalue weighted by molar-refractivity contribution is 0.667. The number of nitrogens with zero attached hydrogens (tertiary/aromatic N) is 1.